The number of ether oxygens (including phenoxy) is 1. The number of benzene rings is 1. The van der Waals surface area contributed by atoms with Crippen LogP contribution in [0.1, 0.15) is 24.5 Å². The molecule has 17 heavy (non-hydrogen) atoms. The van der Waals surface area contributed by atoms with E-state index in [0.717, 1.165) is 25.9 Å². The third-order valence-electron chi connectivity index (χ3n) is 2.74. The molecule has 0 amide bonds. The molecular weight excluding hydrogens is 234 g/mol. The normalized spacial score (nSPS) is 12.6. The van der Waals surface area contributed by atoms with Crippen LogP contribution in [-0.4, -0.2) is 25.6 Å². The van der Waals surface area contributed by atoms with Gasteiger partial charge in [-0.1, -0.05) is 31.2 Å². The van der Waals surface area contributed by atoms with Crippen molar-refractivity contribution in [3.8, 4) is 0 Å². The summed E-state index contributed by atoms with van der Waals surface area (Å²) in [6.45, 7) is 4.62. The van der Waals surface area contributed by atoms with E-state index < -0.39 is 0 Å². The summed E-state index contributed by atoms with van der Waals surface area (Å²) in [4.78, 5) is 0. The lowest BCUT2D eigenvalue weighted by atomic mass is 10.1. The highest BCUT2D eigenvalue weighted by Crippen LogP contribution is 2.05. The van der Waals surface area contributed by atoms with Gasteiger partial charge in [0.25, 0.3) is 0 Å². The van der Waals surface area contributed by atoms with Crippen molar-refractivity contribution in [2.45, 2.75) is 31.7 Å². The summed E-state index contributed by atoms with van der Waals surface area (Å²) in [6.07, 6.45) is 2.03. The lowest BCUT2D eigenvalue weighted by molar-refractivity contribution is 0.195. The van der Waals surface area contributed by atoms with Gasteiger partial charge in [0.05, 0.1) is 12.0 Å². The molecule has 2 nitrogen and oxygen atoms in total. The van der Waals surface area contributed by atoms with Gasteiger partial charge in [-0.2, -0.15) is 0 Å². The van der Waals surface area contributed by atoms with Crippen LogP contribution < -0.4 is 5.32 Å². The highest BCUT2D eigenvalue weighted by atomic mass is 35.5. The number of hydrogen-bond donors (Lipinski definition) is 1. The summed E-state index contributed by atoms with van der Waals surface area (Å²) in [7, 11) is 1.68. The SMILES string of the molecule is CCc1ccc(CNCCC(Cl)COC)cc1. The van der Waals surface area contributed by atoms with Gasteiger partial charge in [-0.05, 0) is 30.5 Å². The molecule has 0 saturated carbocycles. The summed E-state index contributed by atoms with van der Waals surface area (Å²) < 4.78 is 4.98. The molecule has 0 spiro atoms. The minimum absolute atomic E-state index is 0.106. The van der Waals surface area contributed by atoms with Crippen molar-refractivity contribution in [2.24, 2.45) is 0 Å². The molecule has 0 aliphatic heterocycles. The fourth-order valence-corrected chi connectivity index (χ4v) is 1.88. The topological polar surface area (TPSA) is 21.3 Å². The van der Waals surface area contributed by atoms with Crippen LogP contribution in [-0.2, 0) is 17.7 Å². The second kappa shape index (κ2) is 8.51. The first-order chi connectivity index (χ1) is 8.26. The van der Waals surface area contributed by atoms with Gasteiger partial charge in [-0.25, -0.2) is 0 Å². The van der Waals surface area contributed by atoms with Crippen molar-refractivity contribution < 1.29 is 4.74 Å². The average Bonchev–Trinajstić information content (AvgIpc) is 2.36. The minimum Gasteiger partial charge on any atom is -0.383 e. The van der Waals surface area contributed by atoms with Gasteiger partial charge < -0.3 is 10.1 Å². The molecule has 0 radical (unpaired) electrons. The average molecular weight is 256 g/mol. The van der Waals surface area contributed by atoms with Crippen LogP contribution in [0.15, 0.2) is 24.3 Å². The van der Waals surface area contributed by atoms with Crippen molar-refractivity contribution in [3.05, 3.63) is 35.4 Å². The Labute approximate surface area is 109 Å². The zero-order chi connectivity index (χ0) is 12.5. The van der Waals surface area contributed by atoms with E-state index in [1.807, 2.05) is 0 Å². The standard InChI is InChI=1S/C14H22ClNO/c1-3-12-4-6-13(7-5-12)10-16-9-8-14(15)11-17-2/h4-7,14,16H,3,8-11H2,1-2H3. The van der Waals surface area contributed by atoms with E-state index >= 15 is 0 Å². The van der Waals surface area contributed by atoms with Crippen LogP contribution in [0.5, 0.6) is 0 Å². The molecule has 1 aromatic rings. The minimum atomic E-state index is 0.106. The second-order valence-corrected chi connectivity index (χ2v) is 4.81. The molecule has 96 valence electrons. The zero-order valence-electron chi connectivity index (χ0n) is 10.7. The summed E-state index contributed by atoms with van der Waals surface area (Å²) >= 11 is 6.04. The van der Waals surface area contributed by atoms with E-state index in [0.29, 0.717) is 6.61 Å². The van der Waals surface area contributed by atoms with Gasteiger partial charge in [-0.15, -0.1) is 11.6 Å². The van der Waals surface area contributed by atoms with Gasteiger partial charge in [-0.3, -0.25) is 0 Å². The number of methoxy groups -OCH3 is 1. The molecular formula is C14H22ClNO. The second-order valence-electron chi connectivity index (χ2n) is 4.19. The molecule has 0 aliphatic carbocycles. The van der Waals surface area contributed by atoms with Crippen LogP contribution in [0.4, 0.5) is 0 Å². The van der Waals surface area contributed by atoms with Gasteiger partial charge in [0.2, 0.25) is 0 Å². The number of halogens is 1. The van der Waals surface area contributed by atoms with Crippen LogP contribution in [0.25, 0.3) is 0 Å². The predicted molar refractivity (Wildman–Crippen MR) is 73.7 cm³/mol. The number of hydrogen-bond acceptors (Lipinski definition) is 2. The monoisotopic (exact) mass is 255 g/mol. The quantitative estimate of drug-likeness (QED) is 0.570. The van der Waals surface area contributed by atoms with Crippen molar-refractivity contribution in [3.63, 3.8) is 0 Å². The molecule has 0 heterocycles. The van der Waals surface area contributed by atoms with Crippen LogP contribution in [0.3, 0.4) is 0 Å². The number of rotatable bonds is 8. The molecule has 0 aliphatic rings. The Kier molecular flexibility index (Phi) is 7.25. The molecule has 1 aromatic carbocycles. The Morgan fingerprint density at radius 3 is 2.47 bits per heavy atom. The van der Waals surface area contributed by atoms with Crippen LogP contribution in [0, 0.1) is 0 Å². The smallest absolute Gasteiger partial charge is 0.0626 e. The number of aryl methyl sites for hydroxylation is 1. The van der Waals surface area contributed by atoms with E-state index in [-0.39, 0.29) is 5.38 Å². The summed E-state index contributed by atoms with van der Waals surface area (Å²) in [6, 6.07) is 8.73. The van der Waals surface area contributed by atoms with Gasteiger partial charge >= 0.3 is 0 Å². The van der Waals surface area contributed by atoms with E-state index in [1.54, 1.807) is 7.11 Å². The molecule has 1 atom stereocenters. The maximum absolute atomic E-state index is 6.04. The lowest BCUT2D eigenvalue weighted by Crippen LogP contribution is -2.20. The van der Waals surface area contributed by atoms with E-state index in [4.69, 9.17) is 16.3 Å². The molecule has 1 unspecified atom stereocenters. The van der Waals surface area contributed by atoms with Crippen molar-refractivity contribution >= 4 is 11.6 Å². The fourth-order valence-electron chi connectivity index (χ4n) is 1.65. The molecule has 0 aromatic heterocycles. The highest BCUT2D eigenvalue weighted by molar-refractivity contribution is 6.20. The van der Waals surface area contributed by atoms with E-state index in [1.165, 1.54) is 11.1 Å². The molecule has 1 N–H and O–H groups in total. The van der Waals surface area contributed by atoms with Crippen LogP contribution >= 0.6 is 11.6 Å². The molecule has 3 heteroatoms. The molecule has 0 bridgehead atoms. The summed E-state index contributed by atoms with van der Waals surface area (Å²) in [5.74, 6) is 0. The Balaban J connectivity index is 2.17. The fraction of sp³-hybridized carbons (Fsp3) is 0.571. The highest BCUT2D eigenvalue weighted by Gasteiger charge is 2.02. The third-order valence-corrected chi connectivity index (χ3v) is 3.09. The Morgan fingerprint density at radius 1 is 1.24 bits per heavy atom. The molecule has 0 saturated heterocycles. The largest absolute Gasteiger partial charge is 0.383 e. The number of nitrogens with one attached hydrogen (secondary N) is 1. The van der Waals surface area contributed by atoms with Crippen molar-refractivity contribution in [1.82, 2.24) is 5.32 Å². The molecule has 0 fully saturated rings. The van der Waals surface area contributed by atoms with Crippen molar-refractivity contribution in [1.29, 1.82) is 0 Å². The van der Waals surface area contributed by atoms with Gasteiger partial charge in [0.1, 0.15) is 0 Å². The Bertz CT molecular complexity index is 300. The van der Waals surface area contributed by atoms with E-state index in [9.17, 15) is 0 Å². The van der Waals surface area contributed by atoms with E-state index in [2.05, 4.69) is 36.5 Å². The van der Waals surface area contributed by atoms with Gasteiger partial charge in [0, 0.05) is 13.7 Å². The maximum Gasteiger partial charge on any atom is 0.0626 e. The Hall–Kier alpha value is -0.570. The lowest BCUT2D eigenvalue weighted by Gasteiger charge is -2.09. The maximum atomic E-state index is 6.04. The first-order valence-electron chi connectivity index (χ1n) is 6.17. The molecule has 1 rings (SSSR count). The van der Waals surface area contributed by atoms with Crippen molar-refractivity contribution in [2.75, 3.05) is 20.3 Å². The summed E-state index contributed by atoms with van der Waals surface area (Å²) in [5.41, 5.74) is 2.70. The van der Waals surface area contributed by atoms with Crippen LogP contribution in [0.2, 0.25) is 0 Å². The predicted octanol–water partition coefficient (Wildman–Crippen LogP) is 2.98. The van der Waals surface area contributed by atoms with Gasteiger partial charge in [0.15, 0.2) is 0 Å². The Morgan fingerprint density at radius 2 is 1.88 bits per heavy atom. The third kappa shape index (κ3) is 6.06. The first-order valence-corrected chi connectivity index (χ1v) is 6.61. The summed E-state index contributed by atoms with van der Waals surface area (Å²) in [5, 5.41) is 3.49. The number of alkyl halides is 1. The first kappa shape index (κ1) is 14.5. The zero-order valence-corrected chi connectivity index (χ0v) is 11.5.